The van der Waals surface area contributed by atoms with Crippen molar-refractivity contribution in [1.82, 2.24) is 0 Å². The van der Waals surface area contributed by atoms with E-state index in [1.165, 1.54) is 0 Å². The zero-order valence-corrected chi connectivity index (χ0v) is 43.8. The zero-order valence-electron chi connectivity index (χ0n) is 95.8. The van der Waals surface area contributed by atoms with Gasteiger partial charge in [0.1, 0.15) is 22.3 Å². The molecule has 0 unspecified atom stereocenters. The predicted molar refractivity (Wildman–Crippen MR) is 375 cm³/mol. The molecule has 0 atom stereocenters. The summed E-state index contributed by atoms with van der Waals surface area (Å²) in [6.07, 6.45) is 0. The average Bonchev–Trinajstić information content (AvgIpc) is 1.26. The van der Waals surface area contributed by atoms with Crippen molar-refractivity contribution in [3.63, 3.8) is 0 Å². The Morgan fingerprint density at radius 2 is 0.523 bits per heavy atom. The third kappa shape index (κ3) is 7.69. The van der Waals surface area contributed by atoms with Crippen LogP contribution in [0.3, 0.4) is 0 Å². The second-order valence-corrected chi connectivity index (χ2v) is 19.3. The Kier molecular flexibility index (Phi) is 4.68. The molecule has 0 aliphatic carbocycles. The molecule has 408 valence electrons. The Balaban J connectivity index is 0.000000187. The smallest absolute Gasteiger partial charge is 0.143 e. The summed E-state index contributed by atoms with van der Waals surface area (Å²) in [5, 5.41) is -12.3. The number of rotatable bonds is 5. The van der Waals surface area contributed by atoms with Crippen LogP contribution >= 0.6 is 0 Å². The van der Waals surface area contributed by atoms with E-state index in [4.69, 9.17) is 59.6 Å². The van der Waals surface area contributed by atoms with Gasteiger partial charge in [0.2, 0.25) is 0 Å². The van der Waals surface area contributed by atoms with Crippen molar-refractivity contribution < 1.29 is 80.1 Å². The molecule has 17 aromatic carbocycles. The Bertz CT molecular complexity index is 9120. The van der Waals surface area contributed by atoms with Crippen molar-refractivity contribution in [3.05, 3.63) is 314 Å². The summed E-state index contributed by atoms with van der Waals surface area (Å²) >= 11 is 0. The van der Waals surface area contributed by atoms with Crippen molar-refractivity contribution in [2.75, 3.05) is 0 Å². The minimum Gasteiger partial charge on any atom is -0.455 e. The average molecular weight is 1170 g/mol. The number of furan rings is 2. The minimum absolute atomic E-state index is 0.427. The van der Waals surface area contributed by atoms with Gasteiger partial charge in [-0.3, -0.25) is 0 Å². The summed E-state index contributed by atoms with van der Waals surface area (Å²) < 4.78 is 480. The first kappa shape index (κ1) is 20.6. The predicted octanol–water partition coefficient (Wildman–Crippen LogP) is 24.7. The molecule has 0 aliphatic heterocycles. The van der Waals surface area contributed by atoms with E-state index in [1.807, 2.05) is 0 Å². The maximum absolute atomic E-state index is 9.99. The highest BCUT2D eigenvalue weighted by molar-refractivity contribution is 6.30. The van der Waals surface area contributed by atoms with E-state index >= 15 is 0 Å². The maximum atomic E-state index is 9.99. The second kappa shape index (κ2) is 20.0. The molecule has 2 aromatic heterocycles. The molecule has 88 heavy (non-hydrogen) atoms. The van der Waals surface area contributed by atoms with Crippen molar-refractivity contribution in [2.45, 2.75) is 0 Å². The van der Waals surface area contributed by atoms with Crippen LogP contribution in [-0.4, -0.2) is 0 Å². The molecular formula is C86H52O2. The second-order valence-electron chi connectivity index (χ2n) is 19.3. The van der Waals surface area contributed by atoms with Crippen LogP contribution in [0.5, 0.6) is 0 Å². The van der Waals surface area contributed by atoms with E-state index in [2.05, 4.69) is 0 Å². The monoisotopic (exact) mass is 1170 g/mol. The highest BCUT2D eigenvalue weighted by atomic mass is 16.3. The van der Waals surface area contributed by atoms with Gasteiger partial charge in [0.15, 0.2) is 0 Å². The van der Waals surface area contributed by atoms with Crippen molar-refractivity contribution in [1.29, 1.82) is 0 Å². The van der Waals surface area contributed by atoms with Crippen LogP contribution in [0.4, 0.5) is 0 Å². The lowest BCUT2D eigenvalue weighted by Gasteiger charge is -2.19. The van der Waals surface area contributed by atoms with Gasteiger partial charge in [-0.15, -0.1) is 0 Å². The van der Waals surface area contributed by atoms with Crippen LogP contribution in [0.15, 0.2) is 323 Å². The van der Waals surface area contributed by atoms with Crippen LogP contribution in [0.1, 0.15) is 71.3 Å². The Morgan fingerprint density at radius 1 is 0.193 bits per heavy atom. The number of hydrogen-bond donors (Lipinski definition) is 0. The normalized spacial score (nSPS) is 20.1. The summed E-state index contributed by atoms with van der Waals surface area (Å²) in [6.45, 7) is 0. The van der Waals surface area contributed by atoms with E-state index in [0.29, 0.717) is 0 Å². The molecule has 19 aromatic rings. The fraction of sp³-hybridized carbons (Fsp3) is 0. The van der Waals surface area contributed by atoms with E-state index in [1.54, 1.807) is 0 Å². The highest BCUT2D eigenvalue weighted by Crippen LogP contribution is 2.51. The molecule has 0 aliphatic rings. The van der Waals surface area contributed by atoms with Crippen LogP contribution < -0.4 is 0 Å². The van der Waals surface area contributed by atoms with Gasteiger partial charge in [-0.1, -0.05) is 278 Å². The van der Waals surface area contributed by atoms with Crippen molar-refractivity contribution in [3.8, 4) is 55.6 Å². The van der Waals surface area contributed by atoms with E-state index < -0.39 is 500 Å². The highest BCUT2D eigenvalue weighted by Gasteiger charge is 2.24. The molecule has 2 heteroatoms. The van der Waals surface area contributed by atoms with Crippen LogP contribution in [0.25, 0.3) is 186 Å². The summed E-state index contributed by atoms with van der Waals surface area (Å²) in [7, 11) is 0. The number of fused-ring (bicyclic) bond motifs is 16. The molecule has 2 heterocycles. The van der Waals surface area contributed by atoms with Crippen LogP contribution in [0, 0.1) is 0 Å². The summed E-state index contributed by atoms with van der Waals surface area (Å²) in [4.78, 5) is 0. The first-order valence-electron chi connectivity index (χ1n) is 52.1. The van der Waals surface area contributed by atoms with Gasteiger partial charge in [-0.25, -0.2) is 0 Å². The number of hydrogen-bond acceptors (Lipinski definition) is 2. The first-order valence-corrected chi connectivity index (χ1v) is 26.1. The Hall–Kier alpha value is -11.6. The molecular weight excluding hydrogens is 1060 g/mol. The molecule has 0 radical (unpaired) electrons. The van der Waals surface area contributed by atoms with Gasteiger partial charge in [0.05, 0.1) is 71.3 Å². The molecule has 0 spiro atoms. The molecule has 0 amide bonds. The lowest BCUT2D eigenvalue weighted by molar-refractivity contribution is 0.672. The molecule has 0 saturated heterocycles. The van der Waals surface area contributed by atoms with Crippen LogP contribution in [0.2, 0.25) is 0 Å². The van der Waals surface area contributed by atoms with Crippen molar-refractivity contribution in [2.24, 2.45) is 0 Å². The number of benzene rings is 17. The van der Waals surface area contributed by atoms with Crippen molar-refractivity contribution >= 4 is 130 Å². The van der Waals surface area contributed by atoms with Gasteiger partial charge in [-0.05, 0) is 167 Å². The quantitative estimate of drug-likeness (QED) is 0.161. The zero-order chi connectivity index (χ0) is 103. The fourth-order valence-electron chi connectivity index (χ4n) is 11.2. The van der Waals surface area contributed by atoms with Gasteiger partial charge < -0.3 is 8.83 Å². The van der Waals surface area contributed by atoms with E-state index in [0.717, 1.165) is 0 Å². The molecule has 0 fully saturated rings. The summed E-state index contributed by atoms with van der Waals surface area (Å²) in [5.41, 5.74) is -9.70. The third-order valence-corrected chi connectivity index (χ3v) is 14.7. The summed E-state index contributed by atoms with van der Waals surface area (Å²) in [6, 6.07) is -47.3. The van der Waals surface area contributed by atoms with Gasteiger partial charge in [0.25, 0.3) is 0 Å². The topological polar surface area (TPSA) is 26.3 Å². The lowest BCUT2D eigenvalue weighted by atomic mass is 9.83. The Labute approximate surface area is 580 Å². The molecule has 0 bridgehead atoms. The molecule has 0 saturated carbocycles. The molecule has 0 N–H and O–H groups in total. The van der Waals surface area contributed by atoms with E-state index in [-0.39, 0.29) is 0 Å². The van der Waals surface area contributed by atoms with Gasteiger partial charge >= 0.3 is 0 Å². The molecule has 2 nitrogen and oxygen atoms in total. The van der Waals surface area contributed by atoms with E-state index in [9.17, 15) is 20.6 Å². The van der Waals surface area contributed by atoms with Crippen LogP contribution in [-0.2, 0) is 0 Å². The van der Waals surface area contributed by atoms with Gasteiger partial charge in [0, 0.05) is 32.3 Å². The lowest BCUT2D eigenvalue weighted by Crippen LogP contribution is -1.92. The largest absolute Gasteiger partial charge is 0.455 e. The van der Waals surface area contributed by atoms with Gasteiger partial charge in [-0.2, -0.15) is 0 Å². The SMILES string of the molecule is [2H]c1c([2H])c(-c2c3c([2H])c([2H])c([2H])c([2H])c3c(-c3c([2H])c([2H])c([2H])c4c([2H])c([2H])c([2H])c([2H])c34)c3c([2H])c([2H])c([2H])c([2H])c23)c2c(oc3c4c([2H])c([2H])c([2H])c([2H])c4c([2H])c([2H])c32)c1[2H].[2H]c1c([2H])c([2H])c(-c2c([2H])c(-c3c4c([2H])c([2H])c([2H])c([2H])c4c(-c4c([2H])c([2H])c([2H])c5oc6c7c([2H])c([2H])c([2H])c([2H])c7c([2H])c([2H])c6c45)c4c([2H])c([2H])c([2H])c([2H])c34)c([2H])c3c([2H])c([2H])c([2H])c([2H])c23)c([2H])c1[2H]. The maximum Gasteiger partial charge on any atom is 0.143 e. The fourth-order valence-corrected chi connectivity index (χ4v) is 11.2. The standard InChI is InChI=1S/C46H28O.C40H24O/c1-2-13-29(14-3-1)41-28-32(27-31-16-5-6-17-33(31)41)43-35-19-8-10-21-37(35)44(38-22-11-9-20-36(38)43)39-23-12-24-42-45(39)40-26-25-30-15-4-7-18-34(30)46(40)47-42;1-3-14-27-25(11-1)13-9-20-29(27)37-30-16-5-7-18-32(30)38(33-19-8-6-17-31(33)37)34-21-10-22-36-39(34)35-24-23-26-12-2-4-15-28(26)40(35)41-36/h1-28H;1-24H/i1D,2D,3D,4D,5D,6D,7D,8D,9D,10D,11D,12D,13D,14D,15D,16D,17D,18D,19D,20D,21D,22D,23D,24D,25D,26D,27D,28D;1D,2D,3D,4D,5D,6D,7D,8D,9D,10D,11D,12D,13D,14D,15D,16D,17D,18D,19D,20D,21D,22D,23D,24D. The minimum atomic E-state index is -1.08. The molecule has 19 rings (SSSR count). The summed E-state index contributed by atoms with van der Waals surface area (Å²) in [5.74, 6) is 0. The third-order valence-electron chi connectivity index (χ3n) is 14.7. The first-order chi connectivity index (χ1) is 65.3. The Morgan fingerprint density at radius 3 is 0.989 bits per heavy atom.